The van der Waals surface area contributed by atoms with Crippen LogP contribution in [-0.4, -0.2) is 30.6 Å². The number of carbonyl (C=O) groups excluding carboxylic acids is 1. The molecule has 2 rings (SSSR count). The van der Waals surface area contributed by atoms with Crippen LogP contribution in [0.5, 0.6) is 0 Å². The molecule has 0 amide bonds. The highest BCUT2D eigenvalue weighted by Crippen LogP contribution is 2.22. The highest BCUT2D eigenvalue weighted by molar-refractivity contribution is 5.72. The Bertz CT molecular complexity index is 400. The molecule has 0 saturated carbocycles. The van der Waals surface area contributed by atoms with Gasteiger partial charge in [0.25, 0.3) is 0 Å². The number of hydrogen-bond donors (Lipinski definition) is 0. The van der Waals surface area contributed by atoms with Crippen LogP contribution in [-0.2, 0) is 9.53 Å². The molecule has 0 atom stereocenters. The van der Waals surface area contributed by atoms with E-state index in [9.17, 15) is 9.18 Å². The summed E-state index contributed by atoms with van der Waals surface area (Å²) in [5.74, 6) is 0.310. The van der Waals surface area contributed by atoms with Crippen molar-refractivity contribution < 1.29 is 13.9 Å². The van der Waals surface area contributed by atoms with Gasteiger partial charge in [0, 0.05) is 13.1 Å². The largest absolute Gasteiger partial charge is 0.466 e. The van der Waals surface area contributed by atoms with Gasteiger partial charge in [0.05, 0.1) is 18.7 Å². The maximum Gasteiger partial charge on any atom is 0.309 e. The minimum Gasteiger partial charge on any atom is -0.466 e. The van der Waals surface area contributed by atoms with Crippen molar-refractivity contribution in [3.8, 4) is 0 Å². The zero-order valence-electron chi connectivity index (χ0n) is 10.4. The molecule has 4 nitrogen and oxygen atoms in total. The van der Waals surface area contributed by atoms with E-state index >= 15 is 0 Å². The minimum absolute atomic E-state index is 0.0124. The Hall–Kier alpha value is -1.65. The van der Waals surface area contributed by atoms with Crippen LogP contribution in [0, 0.1) is 11.7 Å². The highest BCUT2D eigenvalue weighted by Gasteiger charge is 2.26. The van der Waals surface area contributed by atoms with E-state index in [0.717, 1.165) is 31.7 Å². The summed E-state index contributed by atoms with van der Waals surface area (Å²) >= 11 is 0. The smallest absolute Gasteiger partial charge is 0.309 e. The van der Waals surface area contributed by atoms with Crippen LogP contribution >= 0.6 is 0 Å². The molecule has 2 heterocycles. The van der Waals surface area contributed by atoms with E-state index in [0.29, 0.717) is 6.61 Å². The first kappa shape index (κ1) is 12.8. The Kier molecular flexibility index (Phi) is 4.12. The number of halogens is 1. The normalized spacial score (nSPS) is 16.7. The predicted molar refractivity (Wildman–Crippen MR) is 65.8 cm³/mol. The van der Waals surface area contributed by atoms with Gasteiger partial charge in [-0.25, -0.2) is 9.37 Å². The van der Waals surface area contributed by atoms with Gasteiger partial charge in [-0.05, 0) is 31.9 Å². The number of ether oxygens (including phenoxy) is 1. The Balaban J connectivity index is 1.90. The summed E-state index contributed by atoms with van der Waals surface area (Å²) in [7, 11) is 0. The van der Waals surface area contributed by atoms with E-state index < -0.39 is 0 Å². The van der Waals surface area contributed by atoms with Crippen LogP contribution in [0.15, 0.2) is 18.3 Å². The third kappa shape index (κ3) is 2.97. The highest BCUT2D eigenvalue weighted by atomic mass is 19.1. The van der Waals surface area contributed by atoms with Crippen molar-refractivity contribution in [2.75, 3.05) is 24.6 Å². The molecule has 0 radical (unpaired) electrons. The molecule has 0 N–H and O–H groups in total. The fourth-order valence-corrected chi connectivity index (χ4v) is 2.16. The van der Waals surface area contributed by atoms with E-state index in [1.807, 2.05) is 6.92 Å². The van der Waals surface area contributed by atoms with Gasteiger partial charge in [-0.3, -0.25) is 4.79 Å². The number of hydrogen-bond acceptors (Lipinski definition) is 4. The van der Waals surface area contributed by atoms with Crippen molar-refractivity contribution in [3.63, 3.8) is 0 Å². The molecule has 1 saturated heterocycles. The molecule has 98 valence electrons. The topological polar surface area (TPSA) is 42.4 Å². The van der Waals surface area contributed by atoms with Crippen LogP contribution in [0.3, 0.4) is 0 Å². The maximum atomic E-state index is 12.8. The number of rotatable bonds is 3. The maximum absolute atomic E-state index is 12.8. The number of anilines is 1. The van der Waals surface area contributed by atoms with Crippen molar-refractivity contribution in [1.82, 2.24) is 4.98 Å². The molecule has 1 aromatic rings. The Morgan fingerprint density at radius 1 is 1.50 bits per heavy atom. The van der Waals surface area contributed by atoms with Crippen molar-refractivity contribution in [2.45, 2.75) is 19.8 Å². The van der Waals surface area contributed by atoms with Gasteiger partial charge in [-0.2, -0.15) is 0 Å². The van der Waals surface area contributed by atoms with Crippen LogP contribution in [0.2, 0.25) is 0 Å². The molecule has 5 heteroatoms. The summed E-state index contributed by atoms with van der Waals surface area (Å²) in [6.07, 6.45) is 2.74. The minimum atomic E-state index is -0.333. The van der Waals surface area contributed by atoms with Gasteiger partial charge < -0.3 is 9.64 Å². The first-order chi connectivity index (χ1) is 8.70. The van der Waals surface area contributed by atoms with Crippen molar-refractivity contribution in [1.29, 1.82) is 0 Å². The van der Waals surface area contributed by atoms with Crippen LogP contribution in [0.4, 0.5) is 10.2 Å². The van der Waals surface area contributed by atoms with E-state index in [2.05, 4.69) is 9.88 Å². The van der Waals surface area contributed by atoms with Crippen molar-refractivity contribution in [3.05, 3.63) is 24.1 Å². The quantitative estimate of drug-likeness (QED) is 0.772. The molecule has 1 aromatic heterocycles. The Morgan fingerprint density at radius 3 is 2.78 bits per heavy atom. The first-order valence-electron chi connectivity index (χ1n) is 6.24. The molecule has 1 aliphatic rings. The van der Waals surface area contributed by atoms with Gasteiger partial charge in [0.15, 0.2) is 0 Å². The average Bonchev–Trinajstić information content (AvgIpc) is 2.40. The number of carbonyl (C=O) groups is 1. The lowest BCUT2D eigenvalue weighted by atomic mass is 9.97. The van der Waals surface area contributed by atoms with E-state index in [1.54, 1.807) is 6.07 Å². The molecule has 0 aromatic carbocycles. The lowest BCUT2D eigenvalue weighted by Gasteiger charge is -2.31. The van der Waals surface area contributed by atoms with Crippen molar-refractivity contribution >= 4 is 11.8 Å². The number of aromatic nitrogens is 1. The predicted octanol–water partition coefficient (Wildman–Crippen LogP) is 2.00. The average molecular weight is 252 g/mol. The van der Waals surface area contributed by atoms with E-state index in [4.69, 9.17) is 4.74 Å². The fourth-order valence-electron chi connectivity index (χ4n) is 2.16. The lowest BCUT2D eigenvalue weighted by molar-refractivity contribution is -0.148. The molecular formula is C13H17FN2O2. The Morgan fingerprint density at radius 2 is 2.22 bits per heavy atom. The van der Waals surface area contributed by atoms with Crippen LogP contribution < -0.4 is 4.90 Å². The zero-order valence-corrected chi connectivity index (χ0v) is 10.4. The van der Waals surface area contributed by atoms with Crippen LogP contribution in [0.1, 0.15) is 19.8 Å². The molecule has 0 unspecified atom stereocenters. The fraction of sp³-hybridized carbons (Fsp3) is 0.538. The summed E-state index contributed by atoms with van der Waals surface area (Å²) < 4.78 is 17.8. The molecule has 0 bridgehead atoms. The molecule has 0 aliphatic carbocycles. The number of pyridine rings is 1. The van der Waals surface area contributed by atoms with Crippen molar-refractivity contribution in [2.24, 2.45) is 5.92 Å². The summed E-state index contributed by atoms with van der Waals surface area (Å²) in [6, 6.07) is 3.07. The third-order valence-electron chi connectivity index (χ3n) is 3.15. The standard InChI is InChI=1S/C13H17FN2O2/c1-2-18-13(17)10-5-7-16(8-6-10)12-4-3-11(14)9-15-12/h3-4,9-10H,2,5-8H2,1H3. The first-order valence-corrected chi connectivity index (χ1v) is 6.24. The molecule has 18 heavy (non-hydrogen) atoms. The van der Waals surface area contributed by atoms with E-state index in [-0.39, 0.29) is 17.7 Å². The van der Waals surface area contributed by atoms with Gasteiger partial charge in [0.2, 0.25) is 0 Å². The number of piperidine rings is 1. The third-order valence-corrected chi connectivity index (χ3v) is 3.15. The van der Waals surface area contributed by atoms with E-state index in [1.165, 1.54) is 12.3 Å². The van der Waals surface area contributed by atoms with Gasteiger partial charge in [-0.1, -0.05) is 0 Å². The molecule has 1 fully saturated rings. The van der Waals surface area contributed by atoms with Gasteiger partial charge >= 0.3 is 5.97 Å². The molecule has 0 spiro atoms. The monoisotopic (exact) mass is 252 g/mol. The lowest BCUT2D eigenvalue weighted by Crippen LogP contribution is -2.37. The second kappa shape index (κ2) is 5.80. The van der Waals surface area contributed by atoms with Gasteiger partial charge in [-0.15, -0.1) is 0 Å². The summed E-state index contributed by atoms with van der Waals surface area (Å²) in [4.78, 5) is 17.7. The summed E-state index contributed by atoms with van der Waals surface area (Å²) in [6.45, 7) is 3.75. The molecular weight excluding hydrogens is 235 g/mol. The number of nitrogens with zero attached hydrogens (tertiary/aromatic N) is 2. The second-order valence-electron chi connectivity index (χ2n) is 4.35. The number of esters is 1. The Labute approximate surface area is 106 Å². The second-order valence-corrected chi connectivity index (χ2v) is 4.35. The van der Waals surface area contributed by atoms with Crippen LogP contribution in [0.25, 0.3) is 0 Å². The summed E-state index contributed by atoms with van der Waals surface area (Å²) in [5.41, 5.74) is 0. The van der Waals surface area contributed by atoms with Gasteiger partial charge in [0.1, 0.15) is 11.6 Å². The SMILES string of the molecule is CCOC(=O)C1CCN(c2ccc(F)cn2)CC1. The molecule has 1 aliphatic heterocycles. The zero-order chi connectivity index (χ0) is 13.0. The summed E-state index contributed by atoms with van der Waals surface area (Å²) in [5, 5.41) is 0.